The quantitative estimate of drug-likeness (QED) is 0.888. The molecule has 2 rings (SSSR count). The molecule has 0 spiro atoms. The first-order valence-electron chi connectivity index (χ1n) is 4.49. The number of nitrogen functional groups attached to an aromatic ring is 1. The zero-order valence-corrected chi connectivity index (χ0v) is 9.81. The number of nitrogens with zero attached hydrogens (tertiary/aromatic N) is 3. The molecule has 0 aliphatic rings. The van der Waals surface area contributed by atoms with E-state index in [4.69, 9.17) is 5.73 Å². The smallest absolute Gasteiger partial charge is 0.174 e. The summed E-state index contributed by atoms with van der Waals surface area (Å²) in [4.78, 5) is 9.27. The van der Waals surface area contributed by atoms with Crippen LogP contribution in [0.1, 0.15) is 12.7 Å². The van der Waals surface area contributed by atoms with Crippen molar-refractivity contribution in [3.05, 3.63) is 24.3 Å². The first-order valence-corrected chi connectivity index (χ1v) is 6.08. The first kappa shape index (κ1) is 10.4. The molecule has 0 amide bonds. The van der Waals surface area contributed by atoms with Gasteiger partial charge in [-0.3, -0.25) is 4.98 Å². The van der Waals surface area contributed by atoms with Gasteiger partial charge in [0.05, 0.1) is 11.9 Å². The summed E-state index contributed by atoms with van der Waals surface area (Å²) in [5.41, 5.74) is 6.46. The minimum absolute atomic E-state index is 0.677. The van der Waals surface area contributed by atoms with E-state index in [1.165, 1.54) is 23.3 Å². The van der Waals surface area contributed by atoms with Crippen molar-refractivity contribution in [3.63, 3.8) is 0 Å². The molecule has 6 heteroatoms. The molecule has 2 heterocycles. The molecule has 0 unspecified atom stereocenters. The summed E-state index contributed by atoms with van der Waals surface area (Å²) in [5, 5.41) is 0. The van der Waals surface area contributed by atoms with Gasteiger partial charge in [-0.15, -0.1) is 0 Å². The molecular weight excluding hydrogens is 228 g/mol. The summed E-state index contributed by atoms with van der Waals surface area (Å²) in [5.74, 6) is 0.884. The highest BCUT2D eigenvalue weighted by molar-refractivity contribution is 8.01. The molecule has 2 aromatic heterocycles. The minimum Gasteiger partial charge on any atom is -0.397 e. The molecule has 15 heavy (non-hydrogen) atoms. The summed E-state index contributed by atoms with van der Waals surface area (Å²) < 4.78 is 5.13. The molecule has 0 bridgehead atoms. The molecule has 0 saturated carbocycles. The zero-order chi connectivity index (χ0) is 10.7. The first-order chi connectivity index (χ1) is 7.29. The van der Waals surface area contributed by atoms with Crippen LogP contribution in [-0.2, 0) is 6.42 Å². The van der Waals surface area contributed by atoms with E-state index in [2.05, 4.69) is 14.3 Å². The molecule has 0 atom stereocenters. The molecule has 0 aromatic carbocycles. The summed E-state index contributed by atoms with van der Waals surface area (Å²) in [6, 6.07) is 1.88. The van der Waals surface area contributed by atoms with Gasteiger partial charge in [-0.25, -0.2) is 4.98 Å². The van der Waals surface area contributed by atoms with Gasteiger partial charge in [-0.2, -0.15) is 4.37 Å². The Kier molecular flexibility index (Phi) is 3.17. The number of pyridine rings is 1. The van der Waals surface area contributed by atoms with Crippen molar-refractivity contribution in [1.82, 2.24) is 14.3 Å². The van der Waals surface area contributed by atoms with Gasteiger partial charge in [0, 0.05) is 17.5 Å². The van der Waals surface area contributed by atoms with E-state index in [0.717, 1.165) is 21.5 Å². The van der Waals surface area contributed by atoms with Crippen LogP contribution in [0.15, 0.2) is 27.7 Å². The molecule has 0 saturated heterocycles. The molecule has 0 aliphatic heterocycles. The Morgan fingerprint density at radius 2 is 2.40 bits per heavy atom. The molecule has 2 N–H and O–H groups in total. The Labute approximate surface area is 96.1 Å². The van der Waals surface area contributed by atoms with Crippen molar-refractivity contribution < 1.29 is 0 Å². The molecule has 0 aliphatic carbocycles. The largest absolute Gasteiger partial charge is 0.397 e. The lowest BCUT2D eigenvalue weighted by Crippen LogP contribution is -1.88. The van der Waals surface area contributed by atoms with Gasteiger partial charge in [0.15, 0.2) is 4.34 Å². The topological polar surface area (TPSA) is 64.7 Å². The standard InChI is InChI=1S/C9H10N4S2/c1-2-8-12-9(15-13-8)14-7-3-4-11-5-6(7)10/h3-5H,2,10H2,1H3. The third-order valence-corrected chi connectivity index (χ3v) is 3.65. The van der Waals surface area contributed by atoms with Crippen LogP contribution in [0.3, 0.4) is 0 Å². The van der Waals surface area contributed by atoms with Gasteiger partial charge in [-0.1, -0.05) is 18.7 Å². The number of aryl methyl sites for hydroxylation is 1. The Bertz CT molecular complexity index is 455. The Hall–Kier alpha value is -1.14. The van der Waals surface area contributed by atoms with Crippen molar-refractivity contribution in [2.75, 3.05) is 5.73 Å². The molecule has 2 aromatic rings. The monoisotopic (exact) mass is 238 g/mol. The van der Waals surface area contributed by atoms with Gasteiger partial charge in [0.25, 0.3) is 0 Å². The molecular formula is C9H10N4S2. The maximum Gasteiger partial charge on any atom is 0.174 e. The highest BCUT2D eigenvalue weighted by Crippen LogP contribution is 2.32. The fraction of sp³-hybridized carbons (Fsp3) is 0.222. The van der Waals surface area contributed by atoms with Crippen LogP contribution in [0.4, 0.5) is 5.69 Å². The molecule has 4 nitrogen and oxygen atoms in total. The second kappa shape index (κ2) is 4.59. The van der Waals surface area contributed by atoms with Gasteiger partial charge < -0.3 is 5.73 Å². The van der Waals surface area contributed by atoms with Crippen molar-refractivity contribution in [2.24, 2.45) is 0 Å². The summed E-state index contributed by atoms with van der Waals surface area (Å²) in [6.45, 7) is 2.04. The van der Waals surface area contributed by atoms with Gasteiger partial charge >= 0.3 is 0 Å². The van der Waals surface area contributed by atoms with Crippen LogP contribution in [0, 0.1) is 0 Å². The van der Waals surface area contributed by atoms with E-state index >= 15 is 0 Å². The average molecular weight is 238 g/mol. The fourth-order valence-corrected chi connectivity index (χ4v) is 2.67. The lowest BCUT2D eigenvalue weighted by molar-refractivity contribution is 0.971. The summed E-state index contributed by atoms with van der Waals surface area (Å²) in [6.07, 6.45) is 4.23. The van der Waals surface area contributed by atoms with Crippen LogP contribution < -0.4 is 5.73 Å². The number of rotatable bonds is 3. The van der Waals surface area contributed by atoms with Crippen molar-refractivity contribution >= 4 is 29.0 Å². The van der Waals surface area contributed by atoms with Crippen LogP contribution in [0.25, 0.3) is 0 Å². The maximum atomic E-state index is 5.78. The Balaban J connectivity index is 2.18. The number of hydrogen-bond acceptors (Lipinski definition) is 6. The lowest BCUT2D eigenvalue weighted by atomic mass is 10.4. The number of anilines is 1. The lowest BCUT2D eigenvalue weighted by Gasteiger charge is -1.99. The number of aromatic nitrogens is 3. The van der Waals surface area contributed by atoms with Crippen LogP contribution >= 0.6 is 23.3 Å². The molecule has 78 valence electrons. The maximum absolute atomic E-state index is 5.78. The van der Waals surface area contributed by atoms with Gasteiger partial charge in [0.1, 0.15) is 5.82 Å². The molecule has 0 radical (unpaired) electrons. The van der Waals surface area contributed by atoms with Crippen LogP contribution in [0.5, 0.6) is 0 Å². The van der Waals surface area contributed by atoms with E-state index < -0.39 is 0 Å². The fourth-order valence-electron chi connectivity index (χ4n) is 1.00. The van der Waals surface area contributed by atoms with Gasteiger partial charge in [-0.05, 0) is 17.6 Å². The van der Waals surface area contributed by atoms with E-state index in [1.807, 2.05) is 13.0 Å². The second-order valence-electron chi connectivity index (χ2n) is 2.85. The molecule has 0 fully saturated rings. The number of nitrogens with two attached hydrogens (primary N) is 1. The Morgan fingerprint density at radius 1 is 1.53 bits per heavy atom. The van der Waals surface area contributed by atoms with Crippen LogP contribution in [-0.4, -0.2) is 14.3 Å². The number of hydrogen-bond donors (Lipinski definition) is 1. The van der Waals surface area contributed by atoms with E-state index in [1.54, 1.807) is 12.4 Å². The predicted molar refractivity (Wildman–Crippen MR) is 62.1 cm³/mol. The van der Waals surface area contributed by atoms with E-state index in [-0.39, 0.29) is 0 Å². The third kappa shape index (κ3) is 2.45. The van der Waals surface area contributed by atoms with E-state index in [9.17, 15) is 0 Å². The predicted octanol–water partition coefficient (Wildman–Crippen LogP) is 2.23. The Morgan fingerprint density at radius 3 is 3.07 bits per heavy atom. The SMILES string of the molecule is CCc1nsc(Sc2ccncc2N)n1. The highest BCUT2D eigenvalue weighted by Gasteiger charge is 2.06. The minimum atomic E-state index is 0.677. The summed E-state index contributed by atoms with van der Waals surface area (Å²) >= 11 is 2.93. The van der Waals surface area contributed by atoms with Crippen molar-refractivity contribution in [1.29, 1.82) is 0 Å². The third-order valence-electron chi connectivity index (χ3n) is 1.77. The van der Waals surface area contributed by atoms with Gasteiger partial charge in [0.2, 0.25) is 0 Å². The summed E-state index contributed by atoms with van der Waals surface area (Å²) in [7, 11) is 0. The van der Waals surface area contributed by atoms with Crippen LogP contribution in [0.2, 0.25) is 0 Å². The van der Waals surface area contributed by atoms with Crippen molar-refractivity contribution in [3.8, 4) is 0 Å². The zero-order valence-electron chi connectivity index (χ0n) is 8.17. The normalized spacial score (nSPS) is 10.5. The second-order valence-corrected chi connectivity index (χ2v) is 4.89. The highest BCUT2D eigenvalue weighted by atomic mass is 32.2. The van der Waals surface area contributed by atoms with E-state index in [0.29, 0.717) is 5.69 Å². The van der Waals surface area contributed by atoms with Crippen molar-refractivity contribution in [2.45, 2.75) is 22.6 Å². The average Bonchev–Trinajstić information content (AvgIpc) is 2.69.